The second-order valence-electron chi connectivity index (χ2n) is 4.97. The Balaban J connectivity index is 1.83. The first kappa shape index (κ1) is 10.9. The minimum atomic E-state index is -0.926. The van der Waals surface area contributed by atoms with Crippen molar-refractivity contribution in [3.8, 4) is 0 Å². The van der Waals surface area contributed by atoms with Crippen molar-refractivity contribution >= 4 is 0 Å². The van der Waals surface area contributed by atoms with Gasteiger partial charge >= 0.3 is 0 Å². The zero-order valence-electron chi connectivity index (χ0n) is 9.72. The quantitative estimate of drug-likeness (QED) is 0.770. The van der Waals surface area contributed by atoms with E-state index in [0.29, 0.717) is 25.3 Å². The smallest absolute Gasteiger partial charge is 0.117 e. The summed E-state index contributed by atoms with van der Waals surface area (Å²) in [5.74, 6) is 0. The van der Waals surface area contributed by atoms with Crippen LogP contribution in [0.2, 0.25) is 0 Å². The van der Waals surface area contributed by atoms with E-state index in [1.54, 1.807) is 0 Å². The van der Waals surface area contributed by atoms with Crippen LogP contribution < -0.4 is 5.32 Å². The Bertz CT molecular complexity index is 256. The molecule has 2 aliphatic rings. The summed E-state index contributed by atoms with van der Waals surface area (Å²) in [7, 11) is 4.01. The average molecular weight is 212 g/mol. The number of allylic oxidation sites excluding steroid dienone is 2. The number of halogens is 1. The van der Waals surface area contributed by atoms with Gasteiger partial charge in [-0.05, 0) is 32.7 Å². The number of likely N-dealkylation sites (tertiary alicyclic amines) is 1. The lowest BCUT2D eigenvalue weighted by Gasteiger charge is -2.41. The Morgan fingerprint density at radius 1 is 1.60 bits per heavy atom. The van der Waals surface area contributed by atoms with Crippen LogP contribution in [0.4, 0.5) is 4.39 Å². The molecule has 0 aromatic rings. The molecule has 3 heteroatoms. The molecule has 0 atom stereocenters. The van der Waals surface area contributed by atoms with Crippen molar-refractivity contribution in [2.24, 2.45) is 0 Å². The van der Waals surface area contributed by atoms with Gasteiger partial charge in [0.15, 0.2) is 0 Å². The van der Waals surface area contributed by atoms with Crippen LogP contribution in [0.15, 0.2) is 11.8 Å². The molecule has 1 heterocycles. The van der Waals surface area contributed by atoms with Crippen LogP contribution in [-0.4, -0.2) is 37.3 Å². The lowest BCUT2D eigenvalue weighted by atomic mass is 9.75. The highest BCUT2D eigenvalue weighted by molar-refractivity contribution is 5.10. The van der Waals surface area contributed by atoms with Gasteiger partial charge in [-0.1, -0.05) is 6.08 Å². The van der Waals surface area contributed by atoms with Crippen LogP contribution in [0.25, 0.3) is 0 Å². The first-order valence-corrected chi connectivity index (χ1v) is 5.89. The van der Waals surface area contributed by atoms with Crippen LogP contribution in [0, 0.1) is 0 Å². The normalized spacial score (nSPS) is 38.5. The zero-order valence-corrected chi connectivity index (χ0v) is 9.72. The van der Waals surface area contributed by atoms with Crippen LogP contribution in [0.5, 0.6) is 0 Å². The third-order valence-corrected chi connectivity index (χ3v) is 3.75. The molecule has 1 saturated heterocycles. The van der Waals surface area contributed by atoms with Gasteiger partial charge in [-0.3, -0.25) is 0 Å². The minimum Gasteiger partial charge on any atom is -0.378 e. The molecule has 1 aliphatic heterocycles. The number of alkyl halides is 1. The van der Waals surface area contributed by atoms with Gasteiger partial charge in [-0.2, -0.15) is 0 Å². The van der Waals surface area contributed by atoms with E-state index in [1.165, 1.54) is 12.1 Å². The summed E-state index contributed by atoms with van der Waals surface area (Å²) in [4.78, 5) is 2.25. The van der Waals surface area contributed by atoms with E-state index in [4.69, 9.17) is 0 Å². The maximum Gasteiger partial charge on any atom is 0.117 e. The summed E-state index contributed by atoms with van der Waals surface area (Å²) in [6.45, 7) is 1.13. The van der Waals surface area contributed by atoms with Gasteiger partial charge in [0.25, 0.3) is 0 Å². The molecule has 1 aliphatic carbocycles. The summed E-state index contributed by atoms with van der Waals surface area (Å²) in [5.41, 5.74) is 0.407. The van der Waals surface area contributed by atoms with Gasteiger partial charge in [-0.15, -0.1) is 0 Å². The molecule has 0 aromatic carbocycles. The summed E-state index contributed by atoms with van der Waals surface area (Å²) in [6.07, 6.45) is 6.42. The lowest BCUT2D eigenvalue weighted by molar-refractivity contribution is 0.0347. The van der Waals surface area contributed by atoms with Crippen LogP contribution in [0.3, 0.4) is 0 Å². The second kappa shape index (κ2) is 4.12. The SMILES string of the molecule is CNC1CC(F)(C/C=C2\CCCN2C)C1. The molecule has 0 amide bonds. The molecular weight excluding hydrogens is 191 g/mol. The Labute approximate surface area is 91.5 Å². The number of nitrogens with zero attached hydrogens (tertiary/aromatic N) is 1. The molecule has 2 fully saturated rings. The molecule has 0 unspecified atom stereocenters. The van der Waals surface area contributed by atoms with Crippen molar-refractivity contribution in [3.63, 3.8) is 0 Å². The number of hydrogen-bond acceptors (Lipinski definition) is 2. The summed E-state index contributed by atoms with van der Waals surface area (Å²) in [5, 5.41) is 3.12. The van der Waals surface area contributed by atoms with Gasteiger partial charge in [-0.25, -0.2) is 4.39 Å². The van der Waals surface area contributed by atoms with Crippen molar-refractivity contribution < 1.29 is 4.39 Å². The van der Waals surface area contributed by atoms with Crippen LogP contribution >= 0.6 is 0 Å². The molecule has 86 valence electrons. The van der Waals surface area contributed by atoms with Crippen LogP contribution in [-0.2, 0) is 0 Å². The van der Waals surface area contributed by atoms with E-state index in [1.807, 2.05) is 7.05 Å². The summed E-state index contributed by atoms with van der Waals surface area (Å²) >= 11 is 0. The first-order valence-electron chi connectivity index (χ1n) is 5.89. The number of nitrogens with one attached hydrogen (secondary N) is 1. The van der Waals surface area contributed by atoms with E-state index in [0.717, 1.165) is 13.0 Å². The molecule has 2 rings (SSSR count). The standard InChI is InChI=1S/C12H21FN2/c1-14-10-8-12(13,9-10)6-5-11-4-3-7-15(11)2/h5,10,14H,3-4,6-9H2,1-2H3/b11-5+. The highest BCUT2D eigenvalue weighted by Crippen LogP contribution is 2.40. The topological polar surface area (TPSA) is 15.3 Å². The molecule has 15 heavy (non-hydrogen) atoms. The maximum atomic E-state index is 14.0. The van der Waals surface area contributed by atoms with Crippen molar-refractivity contribution in [1.29, 1.82) is 0 Å². The molecular formula is C12H21FN2. The Morgan fingerprint density at radius 2 is 2.33 bits per heavy atom. The van der Waals surface area contributed by atoms with E-state index >= 15 is 0 Å². The highest BCUT2D eigenvalue weighted by atomic mass is 19.1. The van der Waals surface area contributed by atoms with E-state index < -0.39 is 5.67 Å². The van der Waals surface area contributed by atoms with E-state index in [2.05, 4.69) is 23.3 Å². The Kier molecular flexibility index (Phi) is 3.01. The van der Waals surface area contributed by atoms with Crippen molar-refractivity contribution in [1.82, 2.24) is 10.2 Å². The van der Waals surface area contributed by atoms with Gasteiger partial charge in [0.1, 0.15) is 5.67 Å². The zero-order chi connectivity index (χ0) is 10.9. The van der Waals surface area contributed by atoms with Crippen molar-refractivity contribution in [3.05, 3.63) is 11.8 Å². The van der Waals surface area contributed by atoms with Crippen molar-refractivity contribution in [2.75, 3.05) is 20.6 Å². The summed E-state index contributed by atoms with van der Waals surface area (Å²) in [6, 6.07) is 0.398. The summed E-state index contributed by atoms with van der Waals surface area (Å²) < 4.78 is 14.0. The van der Waals surface area contributed by atoms with Crippen LogP contribution in [0.1, 0.15) is 32.1 Å². The lowest BCUT2D eigenvalue weighted by Crippen LogP contribution is -2.49. The largest absolute Gasteiger partial charge is 0.378 e. The third-order valence-electron chi connectivity index (χ3n) is 3.75. The second-order valence-corrected chi connectivity index (χ2v) is 4.97. The maximum absolute atomic E-state index is 14.0. The highest BCUT2D eigenvalue weighted by Gasteiger charge is 2.43. The van der Waals surface area contributed by atoms with Gasteiger partial charge in [0.2, 0.25) is 0 Å². The van der Waals surface area contributed by atoms with Gasteiger partial charge in [0.05, 0.1) is 0 Å². The Hall–Kier alpha value is -0.570. The Morgan fingerprint density at radius 3 is 2.87 bits per heavy atom. The fourth-order valence-corrected chi connectivity index (χ4v) is 2.58. The minimum absolute atomic E-state index is 0.398. The third kappa shape index (κ3) is 2.33. The van der Waals surface area contributed by atoms with E-state index in [-0.39, 0.29) is 0 Å². The number of hydrogen-bond donors (Lipinski definition) is 1. The van der Waals surface area contributed by atoms with Crippen molar-refractivity contribution in [2.45, 2.75) is 43.8 Å². The molecule has 1 N–H and O–H groups in total. The molecule has 0 bridgehead atoms. The fraction of sp³-hybridized carbons (Fsp3) is 0.833. The fourth-order valence-electron chi connectivity index (χ4n) is 2.58. The monoisotopic (exact) mass is 212 g/mol. The molecule has 0 radical (unpaired) electrons. The molecule has 0 spiro atoms. The first-order chi connectivity index (χ1) is 7.13. The molecule has 2 nitrogen and oxygen atoms in total. The average Bonchev–Trinajstić information content (AvgIpc) is 2.56. The van der Waals surface area contributed by atoms with Gasteiger partial charge in [0, 0.05) is 31.8 Å². The molecule has 1 saturated carbocycles. The predicted molar refractivity (Wildman–Crippen MR) is 60.5 cm³/mol. The van der Waals surface area contributed by atoms with Gasteiger partial charge < -0.3 is 10.2 Å². The van der Waals surface area contributed by atoms with E-state index in [9.17, 15) is 4.39 Å². The predicted octanol–water partition coefficient (Wildman–Crippen LogP) is 2.08. The molecule has 0 aromatic heterocycles. The number of rotatable bonds is 3.